The highest BCUT2D eigenvalue weighted by atomic mass is 16.5. The zero-order valence-electron chi connectivity index (χ0n) is 22.8. The van der Waals surface area contributed by atoms with Crippen LogP contribution < -0.4 is 9.47 Å². The van der Waals surface area contributed by atoms with Gasteiger partial charge in [0.2, 0.25) is 0 Å². The molecule has 4 nitrogen and oxygen atoms in total. The van der Waals surface area contributed by atoms with Crippen molar-refractivity contribution in [3.8, 4) is 11.5 Å². The van der Waals surface area contributed by atoms with E-state index >= 15 is 0 Å². The molecule has 0 heterocycles. The second-order valence-electron chi connectivity index (χ2n) is 9.99. The van der Waals surface area contributed by atoms with Crippen LogP contribution in [0.15, 0.2) is 109 Å². The quantitative estimate of drug-likeness (QED) is 0.166. The van der Waals surface area contributed by atoms with Crippen LogP contribution in [0.3, 0.4) is 0 Å². The summed E-state index contributed by atoms with van der Waals surface area (Å²) in [4.78, 5) is 0. The number of aryl methyl sites for hydroxylation is 1. The minimum atomic E-state index is -0.315. The normalized spacial score (nSPS) is 12.2. The van der Waals surface area contributed by atoms with Crippen molar-refractivity contribution in [3.05, 3.63) is 131 Å². The highest BCUT2D eigenvalue weighted by Crippen LogP contribution is 2.48. The van der Waals surface area contributed by atoms with Gasteiger partial charge in [0.05, 0.1) is 13.2 Å². The first kappa shape index (κ1) is 28.4. The molecule has 0 aromatic heterocycles. The van der Waals surface area contributed by atoms with Crippen molar-refractivity contribution in [2.45, 2.75) is 43.9 Å². The Morgan fingerprint density at radius 1 is 0.615 bits per heavy atom. The fourth-order valence-corrected chi connectivity index (χ4v) is 5.39. The van der Waals surface area contributed by atoms with Crippen molar-refractivity contribution in [2.24, 2.45) is 0 Å². The number of hydrogen-bond donors (Lipinski definition) is 2. The first-order valence-electron chi connectivity index (χ1n) is 13.9. The Bertz CT molecular complexity index is 1170. The number of aliphatic hydroxyl groups is 2. The summed E-state index contributed by atoms with van der Waals surface area (Å²) >= 11 is 0. The number of rotatable bonds is 15. The summed E-state index contributed by atoms with van der Waals surface area (Å²) in [7, 11) is 0. The molecular formula is C35H40O4. The van der Waals surface area contributed by atoms with E-state index in [1.807, 2.05) is 24.3 Å². The SMILES string of the molecule is CC(c1ccccc1)C(CCc1ccccc1)(c1ccc(OCCCO)cc1)c1ccc(OCCCO)cc1. The fraction of sp³-hybridized carbons (Fsp3) is 0.314. The Kier molecular flexibility index (Phi) is 10.6. The summed E-state index contributed by atoms with van der Waals surface area (Å²) in [6, 6.07) is 38.4. The molecule has 0 spiro atoms. The molecular weight excluding hydrogens is 484 g/mol. The maximum atomic E-state index is 9.12. The highest BCUT2D eigenvalue weighted by molar-refractivity contribution is 5.48. The molecule has 1 atom stereocenters. The van der Waals surface area contributed by atoms with E-state index in [4.69, 9.17) is 19.7 Å². The van der Waals surface area contributed by atoms with Crippen LogP contribution in [-0.2, 0) is 11.8 Å². The number of ether oxygens (including phenoxy) is 2. The molecule has 4 aromatic carbocycles. The smallest absolute Gasteiger partial charge is 0.119 e. The third kappa shape index (κ3) is 7.29. The van der Waals surface area contributed by atoms with E-state index < -0.39 is 0 Å². The van der Waals surface area contributed by atoms with Gasteiger partial charge in [-0.25, -0.2) is 0 Å². The van der Waals surface area contributed by atoms with Crippen LogP contribution in [0.1, 0.15) is 54.4 Å². The maximum Gasteiger partial charge on any atom is 0.119 e. The van der Waals surface area contributed by atoms with E-state index in [0.717, 1.165) is 24.3 Å². The average Bonchev–Trinajstić information content (AvgIpc) is 3.00. The molecule has 4 heteroatoms. The van der Waals surface area contributed by atoms with Gasteiger partial charge < -0.3 is 19.7 Å². The van der Waals surface area contributed by atoms with E-state index in [2.05, 4.69) is 91.9 Å². The molecule has 0 saturated heterocycles. The van der Waals surface area contributed by atoms with Crippen molar-refractivity contribution in [2.75, 3.05) is 26.4 Å². The van der Waals surface area contributed by atoms with Crippen molar-refractivity contribution in [3.63, 3.8) is 0 Å². The molecule has 0 bridgehead atoms. The zero-order valence-corrected chi connectivity index (χ0v) is 22.8. The van der Waals surface area contributed by atoms with Gasteiger partial charge >= 0.3 is 0 Å². The van der Waals surface area contributed by atoms with Gasteiger partial charge in [-0.15, -0.1) is 0 Å². The van der Waals surface area contributed by atoms with Crippen molar-refractivity contribution < 1.29 is 19.7 Å². The number of benzene rings is 4. The van der Waals surface area contributed by atoms with Gasteiger partial charge in [0.25, 0.3) is 0 Å². The Labute approximate surface area is 232 Å². The molecule has 0 aliphatic rings. The fourth-order valence-electron chi connectivity index (χ4n) is 5.39. The van der Waals surface area contributed by atoms with Crippen LogP contribution >= 0.6 is 0 Å². The molecule has 39 heavy (non-hydrogen) atoms. The molecule has 0 radical (unpaired) electrons. The Morgan fingerprint density at radius 2 is 1.08 bits per heavy atom. The van der Waals surface area contributed by atoms with Crippen LogP contribution in [0.4, 0.5) is 0 Å². The van der Waals surface area contributed by atoms with Gasteiger partial charge in [0.1, 0.15) is 11.5 Å². The molecule has 0 aliphatic carbocycles. The van der Waals surface area contributed by atoms with Crippen LogP contribution in [0.5, 0.6) is 11.5 Å². The van der Waals surface area contributed by atoms with Crippen molar-refractivity contribution >= 4 is 0 Å². The van der Waals surface area contributed by atoms with Crippen LogP contribution in [0, 0.1) is 0 Å². The predicted molar refractivity (Wildman–Crippen MR) is 158 cm³/mol. The first-order chi connectivity index (χ1) is 19.2. The highest BCUT2D eigenvalue weighted by Gasteiger charge is 2.40. The second-order valence-corrected chi connectivity index (χ2v) is 9.99. The lowest BCUT2D eigenvalue weighted by molar-refractivity contribution is 0.233. The monoisotopic (exact) mass is 524 g/mol. The molecule has 0 aliphatic heterocycles. The maximum absolute atomic E-state index is 9.12. The van der Waals surface area contributed by atoms with Crippen molar-refractivity contribution in [1.29, 1.82) is 0 Å². The summed E-state index contributed by atoms with van der Waals surface area (Å²) in [6.07, 6.45) is 3.07. The van der Waals surface area contributed by atoms with Crippen molar-refractivity contribution in [1.82, 2.24) is 0 Å². The third-order valence-electron chi connectivity index (χ3n) is 7.57. The molecule has 4 aromatic rings. The van der Waals surface area contributed by atoms with Gasteiger partial charge in [-0.1, -0.05) is 91.9 Å². The zero-order chi connectivity index (χ0) is 27.3. The molecule has 0 fully saturated rings. The van der Waals surface area contributed by atoms with E-state index in [1.54, 1.807) is 0 Å². The summed E-state index contributed by atoms with van der Waals surface area (Å²) in [5.74, 6) is 1.80. The Balaban J connectivity index is 1.78. The van der Waals surface area contributed by atoms with E-state index in [0.29, 0.717) is 26.1 Å². The molecule has 2 N–H and O–H groups in total. The van der Waals surface area contributed by atoms with Gasteiger partial charge in [0.15, 0.2) is 0 Å². The molecule has 204 valence electrons. The summed E-state index contributed by atoms with van der Waals surface area (Å²) < 4.78 is 11.7. The second kappa shape index (κ2) is 14.5. The Hall–Kier alpha value is -3.60. The van der Waals surface area contributed by atoms with Crippen LogP contribution in [-0.4, -0.2) is 36.6 Å². The van der Waals surface area contributed by atoms with Gasteiger partial charge in [-0.05, 0) is 65.3 Å². The molecule has 0 amide bonds. The minimum Gasteiger partial charge on any atom is -0.494 e. The lowest BCUT2D eigenvalue weighted by Crippen LogP contribution is -2.34. The average molecular weight is 525 g/mol. The van der Waals surface area contributed by atoms with Gasteiger partial charge in [-0.3, -0.25) is 0 Å². The lowest BCUT2D eigenvalue weighted by atomic mass is 9.61. The predicted octanol–water partition coefficient (Wildman–Crippen LogP) is 6.93. The third-order valence-corrected chi connectivity index (χ3v) is 7.57. The molecule has 1 unspecified atom stereocenters. The number of aliphatic hydroxyl groups excluding tert-OH is 2. The van der Waals surface area contributed by atoms with E-state index in [9.17, 15) is 0 Å². The summed E-state index contributed by atoms with van der Waals surface area (Å²) in [6.45, 7) is 3.56. The van der Waals surface area contributed by atoms with Gasteiger partial charge in [-0.2, -0.15) is 0 Å². The van der Waals surface area contributed by atoms with E-state index in [-0.39, 0.29) is 24.5 Å². The molecule has 0 saturated carbocycles. The van der Waals surface area contributed by atoms with E-state index in [1.165, 1.54) is 22.3 Å². The summed E-state index contributed by atoms with van der Waals surface area (Å²) in [5, 5.41) is 18.2. The Morgan fingerprint density at radius 3 is 1.54 bits per heavy atom. The van der Waals surface area contributed by atoms with Gasteiger partial charge in [0, 0.05) is 31.5 Å². The summed E-state index contributed by atoms with van der Waals surface area (Å²) in [5.41, 5.74) is 4.76. The van der Waals surface area contributed by atoms with Crippen LogP contribution in [0.25, 0.3) is 0 Å². The largest absolute Gasteiger partial charge is 0.494 e. The van der Waals surface area contributed by atoms with Crippen LogP contribution in [0.2, 0.25) is 0 Å². The minimum absolute atomic E-state index is 0.120. The number of hydrogen-bond acceptors (Lipinski definition) is 4. The topological polar surface area (TPSA) is 58.9 Å². The first-order valence-corrected chi connectivity index (χ1v) is 13.9. The molecule has 4 rings (SSSR count). The lowest BCUT2D eigenvalue weighted by Gasteiger charge is -2.41. The standard InChI is InChI=1S/C35H40O4/c1-28(30-12-6-3-7-13-30)35(23-22-29-10-4-2-5-11-29,31-14-18-33(19-15-31)38-26-8-24-36)32-16-20-34(21-17-32)39-27-9-25-37/h2-7,10-21,28,36-37H,8-9,22-27H2,1H3.